The molecule has 2 aromatic rings. The van der Waals surface area contributed by atoms with E-state index in [2.05, 4.69) is 5.32 Å². The molecule has 1 aromatic heterocycles. The monoisotopic (exact) mass is 383 g/mol. The maximum atomic E-state index is 12.7. The van der Waals surface area contributed by atoms with Gasteiger partial charge in [-0.2, -0.15) is 0 Å². The Kier molecular flexibility index (Phi) is 5.12. The molecule has 2 saturated heterocycles. The van der Waals surface area contributed by atoms with Crippen LogP contribution in [0.2, 0.25) is 0 Å². The number of hydrogen-bond donors (Lipinski definition) is 1. The number of furan rings is 1. The van der Waals surface area contributed by atoms with Crippen molar-refractivity contribution in [3.05, 3.63) is 60.1 Å². The summed E-state index contributed by atoms with van der Waals surface area (Å²) in [5.74, 6) is -0.0836. The van der Waals surface area contributed by atoms with E-state index in [1.54, 1.807) is 17.0 Å². The van der Waals surface area contributed by atoms with Crippen LogP contribution in [0.4, 0.5) is 4.79 Å². The quantitative estimate of drug-likeness (QED) is 0.794. The van der Waals surface area contributed by atoms with Gasteiger partial charge in [-0.05, 0) is 17.7 Å². The van der Waals surface area contributed by atoms with E-state index in [0.717, 1.165) is 10.5 Å². The van der Waals surface area contributed by atoms with Gasteiger partial charge in [-0.15, -0.1) is 0 Å². The van der Waals surface area contributed by atoms with E-state index in [0.29, 0.717) is 25.5 Å². The van der Waals surface area contributed by atoms with Gasteiger partial charge in [-0.25, -0.2) is 4.79 Å². The fourth-order valence-electron chi connectivity index (χ4n) is 3.47. The largest absolute Gasteiger partial charge is 0.467 e. The average Bonchev–Trinajstić information content (AvgIpc) is 3.33. The van der Waals surface area contributed by atoms with Crippen LogP contribution in [0.1, 0.15) is 23.8 Å². The maximum absolute atomic E-state index is 12.7. The molecule has 2 atom stereocenters. The van der Waals surface area contributed by atoms with Crippen LogP contribution in [-0.2, 0) is 20.9 Å². The Balaban J connectivity index is 1.36. The first kappa shape index (κ1) is 18.2. The first-order valence-electron chi connectivity index (χ1n) is 9.20. The number of morpholine rings is 1. The second-order valence-corrected chi connectivity index (χ2v) is 6.82. The zero-order chi connectivity index (χ0) is 19.5. The summed E-state index contributed by atoms with van der Waals surface area (Å²) in [5.41, 5.74) is 1.01. The predicted molar refractivity (Wildman–Crippen MR) is 97.9 cm³/mol. The van der Waals surface area contributed by atoms with E-state index in [-0.39, 0.29) is 25.0 Å². The lowest BCUT2D eigenvalue weighted by Crippen LogP contribution is -2.45. The number of amides is 4. The van der Waals surface area contributed by atoms with E-state index in [1.165, 1.54) is 6.26 Å². The van der Waals surface area contributed by atoms with Crippen molar-refractivity contribution in [3.63, 3.8) is 0 Å². The van der Waals surface area contributed by atoms with Crippen LogP contribution in [0.15, 0.2) is 53.1 Å². The molecule has 4 amide bonds. The summed E-state index contributed by atoms with van der Waals surface area (Å²) in [4.78, 5) is 40.2. The molecule has 0 saturated carbocycles. The third-order valence-corrected chi connectivity index (χ3v) is 4.97. The zero-order valence-corrected chi connectivity index (χ0v) is 15.2. The zero-order valence-electron chi connectivity index (χ0n) is 15.2. The van der Waals surface area contributed by atoms with E-state index >= 15 is 0 Å². The number of rotatable bonds is 5. The summed E-state index contributed by atoms with van der Waals surface area (Å²) in [6.07, 6.45) is 1.22. The lowest BCUT2D eigenvalue weighted by molar-refractivity contribution is -0.141. The minimum Gasteiger partial charge on any atom is -0.467 e. The molecule has 3 heterocycles. The third kappa shape index (κ3) is 3.77. The highest BCUT2D eigenvalue weighted by Crippen LogP contribution is 2.23. The Labute approximate surface area is 162 Å². The van der Waals surface area contributed by atoms with E-state index in [1.807, 2.05) is 30.3 Å². The van der Waals surface area contributed by atoms with E-state index in [9.17, 15) is 14.4 Å². The van der Waals surface area contributed by atoms with Gasteiger partial charge in [-0.1, -0.05) is 30.3 Å². The minimum absolute atomic E-state index is 0.0516. The van der Waals surface area contributed by atoms with Crippen LogP contribution in [0.25, 0.3) is 0 Å². The van der Waals surface area contributed by atoms with Crippen LogP contribution in [-0.4, -0.2) is 53.4 Å². The number of benzene rings is 1. The molecular formula is C20H21N3O5. The number of nitrogens with one attached hydrogen (secondary N) is 1. The summed E-state index contributed by atoms with van der Waals surface area (Å²) in [6.45, 7) is 1.37. The summed E-state index contributed by atoms with van der Waals surface area (Å²) in [5, 5.41) is 2.60. The maximum Gasteiger partial charge on any atom is 0.325 e. The molecule has 1 N–H and O–H groups in total. The van der Waals surface area contributed by atoms with Crippen molar-refractivity contribution in [2.45, 2.75) is 25.1 Å². The van der Waals surface area contributed by atoms with Gasteiger partial charge in [0, 0.05) is 6.54 Å². The number of urea groups is 1. The number of ether oxygens (including phenoxy) is 1. The van der Waals surface area contributed by atoms with Gasteiger partial charge >= 0.3 is 6.03 Å². The first-order chi connectivity index (χ1) is 13.6. The normalized spacial score (nSPS) is 22.4. The van der Waals surface area contributed by atoms with Gasteiger partial charge in [0.05, 0.1) is 32.4 Å². The molecule has 0 unspecified atom stereocenters. The summed E-state index contributed by atoms with van der Waals surface area (Å²) in [7, 11) is 0. The number of hydrogen-bond acceptors (Lipinski definition) is 5. The molecule has 0 aliphatic carbocycles. The van der Waals surface area contributed by atoms with Gasteiger partial charge in [0.15, 0.2) is 0 Å². The molecule has 2 aliphatic rings. The van der Waals surface area contributed by atoms with Crippen molar-refractivity contribution in [3.8, 4) is 0 Å². The van der Waals surface area contributed by atoms with Crippen LogP contribution >= 0.6 is 0 Å². The molecule has 2 fully saturated rings. The second kappa shape index (κ2) is 7.85. The molecular weight excluding hydrogens is 362 g/mol. The fraction of sp³-hybridized carbons (Fsp3) is 0.350. The lowest BCUT2D eigenvalue weighted by Gasteiger charge is -2.33. The van der Waals surface area contributed by atoms with Crippen LogP contribution < -0.4 is 5.32 Å². The molecule has 28 heavy (non-hydrogen) atoms. The lowest BCUT2D eigenvalue weighted by atomic mass is 10.1. The molecule has 2 aliphatic heterocycles. The molecule has 0 bridgehead atoms. The number of nitrogens with zero attached hydrogens (tertiary/aromatic N) is 2. The molecule has 4 rings (SSSR count). The summed E-state index contributed by atoms with van der Waals surface area (Å²) >= 11 is 0. The Hall–Kier alpha value is -3.13. The molecule has 146 valence electrons. The van der Waals surface area contributed by atoms with E-state index < -0.39 is 18.0 Å². The SMILES string of the molecule is O=C(C[C@H]1NC(=O)N(Cc2ccco2)C1=O)N1CCO[C@H](c2ccccc2)C1. The van der Waals surface area contributed by atoms with Crippen molar-refractivity contribution in [2.75, 3.05) is 19.7 Å². The summed E-state index contributed by atoms with van der Waals surface area (Å²) < 4.78 is 11.0. The molecule has 1 aromatic carbocycles. The van der Waals surface area contributed by atoms with Crippen LogP contribution in [0.5, 0.6) is 0 Å². The fourth-order valence-corrected chi connectivity index (χ4v) is 3.47. The number of imide groups is 1. The molecule has 0 spiro atoms. The van der Waals surface area contributed by atoms with E-state index in [4.69, 9.17) is 9.15 Å². The minimum atomic E-state index is -0.854. The number of carbonyl (C=O) groups is 3. The molecule has 8 nitrogen and oxygen atoms in total. The van der Waals surface area contributed by atoms with Gasteiger partial charge in [0.25, 0.3) is 5.91 Å². The van der Waals surface area contributed by atoms with Gasteiger partial charge in [0.1, 0.15) is 17.9 Å². The smallest absolute Gasteiger partial charge is 0.325 e. The molecule has 0 radical (unpaired) electrons. The van der Waals surface area contributed by atoms with Gasteiger partial charge in [-0.3, -0.25) is 14.5 Å². The predicted octanol–water partition coefficient (Wildman–Crippen LogP) is 1.69. The average molecular weight is 383 g/mol. The Morgan fingerprint density at radius 2 is 1.96 bits per heavy atom. The highest BCUT2D eigenvalue weighted by molar-refractivity contribution is 6.05. The number of carbonyl (C=O) groups excluding carboxylic acids is 3. The Morgan fingerprint density at radius 3 is 2.71 bits per heavy atom. The second-order valence-electron chi connectivity index (χ2n) is 6.82. The Bertz CT molecular complexity index is 852. The van der Waals surface area contributed by atoms with Crippen molar-refractivity contribution in [2.24, 2.45) is 0 Å². The van der Waals surface area contributed by atoms with Crippen molar-refractivity contribution >= 4 is 17.8 Å². The Morgan fingerprint density at radius 1 is 1.14 bits per heavy atom. The highest BCUT2D eigenvalue weighted by atomic mass is 16.5. The first-order valence-corrected chi connectivity index (χ1v) is 9.20. The van der Waals surface area contributed by atoms with Crippen LogP contribution in [0, 0.1) is 0 Å². The summed E-state index contributed by atoms with van der Waals surface area (Å²) in [6, 6.07) is 11.7. The third-order valence-electron chi connectivity index (χ3n) is 4.97. The van der Waals surface area contributed by atoms with Crippen molar-refractivity contribution in [1.82, 2.24) is 15.1 Å². The topological polar surface area (TPSA) is 92.1 Å². The standard InChI is InChI=1S/C20H21N3O5/c24-18(22-8-10-28-17(13-22)14-5-2-1-3-6-14)11-16-19(25)23(20(26)21-16)12-15-7-4-9-27-15/h1-7,9,16-17H,8,10-13H2,(H,21,26)/t16-,17+/m1/s1. The van der Waals surface area contributed by atoms with Crippen LogP contribution in [0.3, 0.4) is 0 Å². The highest BCUT2D eigenvalue weighted by Gasteiger charge is 2.40. The molecule has 8 heteroatoms. The van der Waals surface area contributed by atoms with Gasteiger partial charge in [0.2, 0.25) is 5.91 Å². The van der Waals surface area contributed by atoms with Crippen molar-refractivity contribution in [1.29, 1.82) is 0 Å². The van der Waals surface area contributed by atoms with Crippen molar-refractivity contribution < 1.29 is 23.5 Å². The van der Waals surface area contributed by atoms with Gasteiger partial charge < -0.3 is 19.4 Å².